The van der Waals surface area contributed by atoms with Crippen LogP contribution in [0.25, 0.3) is 0 Å². The van der Waals surface area contributed by atoms with E-state index < -0.39 is 5.97 Å². The Hall–Kier alpha value is -0.530. The van der Waals surface area contributed by atoms with Crippen molar-refractivity contribution in [2.75, 3.05) is 0 Å². The van der Waals surface area contributed by atoms with Gasteiger partial charge >= 0.3 is 5.97 Å². The van der Waals surface area contributed by atoms with Gasteiger partial charge in [-0.3, -0.25) is 4.79 Å². The highest BCUT2D eigenvalue weighted by molar-refractivity contribution is 5.66. The van der Waals surface area contributed by atoms with Gasteiger partial charge in [0.15, 0.2) is 0 Å². The molecule has 0 saturated carbocycles. The second-order valence-corrected chi connectivity index (χ2v) is 7.59. The third kappa shape index (κ3) is 17.8. The molecule has 0 aliphatic heterocycles. The summed E-state index contributed by atoms with van der Waals surface area (Å²) >= 11 is 0. The molecule has 0 aromatic rings. The van der Waals surface area contributed by atoms with Crippen LogP contribution in [-0.2, 0) is 4.79 Å². The number of hydrogen-bond acceptors (Lipinski definition) is 1. The zero-order valence-electron chi connectivity index (χ0n) is 16.7. The standard InChI is InChI=1S/C22H44O2/c1-3-5-6-7-8-9-10-11-12-13-14-15-16-17-18-21(4-2)19-20-22(23)24/h21H,3-20H2,1-2H3,(H,23,24). The molecule has 0 amide bonds. The number of carboxylic acid groups (broad SMARTS) is 1. The summed E-state index contributed by atoms with van der Waals surface area (Å²) in [7, 11) is 0. The first-order valence-electron chi connectivity index (χ1n) is 10.9. The molecule has 0 heterocycles. The van der Waals surface area contributed by atoms with Crippen LogP contribution in [0.4, 0.5) is 0 Å². The average Bonchev–Trinajstić information content (AvgIpc) is 2.57. The summed E-state index contributed by atoms with van der Waals surface area (Å²) in [5.41, 5.74) is 0. The fraction of sp³-hybridized carbons (Fsp3) is 0.955. The Bertz CT molecular complexity index is 263. The van der Waals surface area contributed by atoms with Crippen LogP contribution in [0.3, 0.4) is 0 Å². The highest BCUT2D eigenvalue weighted by Gasteiger charge is 2.08. The first-order chi connectivity index (χ1) is 11.7. The van der Waals surface area contributed by atoms with Crippen molar-refractivity contribution in [1.29, 1.82) is 0 Å². The van der Waals surface area contributed by atoms with Gasteiger partial charge in [-0.25, -0.2) is 0 Å². The minimum Gasteiger partial charge on any atom is -0.481 e. The summed E-state index contributed by atoms with van der Waals surface area (Å²) in [6.07, 6.45) is 23.2. The van der Waals surface area contributed by atoms with Crippen molar-refractivity contribution in [3.63, 3.8) is 0 Å². The Morgan fingerprint density at radius 2 is 1.08 bits per heavy atom. The number of aliphatic carboxylic acids is 1. The van der Waals surface area contributed by atoms with E-state index in [9.17, 15) is 4.79 Å². The van der Waals surface area contributed by atoms with Crippen molar-refractivity contribution in [3.05, 3.63) is 0 Å². The summed E-state index contributed by atoms with van der Waals surface area (Å²) in [4.78, 5) is 10.6. The molecule has 0 aliphatic carbocycles. The van der Waals surface area contributed by atoms with Crippen LogP contribution in [0.15, 0.2) is 0 Å². The quantitative estimate of drug-likeness (QED) is 0.244. The molecule has 0 aromatic heterocycles. The molecule has 144 valence electrons. The van der Waals surface area contributed by atoms with Gasteiger partial charge < -0.3 is 5.11 Å². The Morgan fingerprint density at radius 3 is 1.46 bits per heavy atom. The van der Waals surface area contributed by atoms with Gasteiger partial charge in [0.1, 0.15) is 0 Å². The first-order valence-corrected chi connectivity index (χ1v) is 10.9. The smallest absolute Gasteiger partial charge is 0.303 e. The summed E-state index contributed by atoms with van der Waals surface area (Å²) in [5, 5.41) is 8.75. The van der Waals surface area contributed by atoms with Crippen LogP contribution in [0.5, 0.6) is 0 Å². The zero-order valence-corrected chi connectivity index (χ0v) is 16.7. The molecule has 2 nitrogen and oxygen atoms in total. The average molecular weight is 341 g/mol. The summed E-state index contributed by atoms with van der Waals surface area (Å²) < 4.78 is 0. The molecule has 0 rings (SSSR count). The summed E-state index contributed by atoms with van der Waals surface area (Å²) in [6, 6.07) is 0. The molecule has 1 atom stereocenters. The molecule has 0 radical (unpaired) electrons. The van der Waals surface area contributed by atoms with E-state index in [-0.39, 0.29) is 0 Å². The van der Waals surface area contributed by atoms with E-state index in [0.29, 0.717) is 12.3 Å². The lowest BCUT2D eigenvalue weighted by atomic mass is 9.93. The van der Waals surface area contributed by atoms with E-state index in [1.165, 1.54) is 96.3 Å². The van der Waals surface area contributed by atoms with E-state index in [1.807, 2.05) is 0 Å². The van der Waals surface area contributed by atoms with Crippen LogP contribution in [0.1, 0.15) is 129 Å². The first kappa shape index (κ1) is 23.5. The van der Waals surface area contributed by atoms with Crippen molar-refractivity contribution < 1.29 is 9.90 Å². The lowest BCUT2D eigenvalue weighted by Gasteiger charge is -2.13. The zero-order chi connectivity index (χ0) is 17.9. The van der Waals surface area contributed by atoms with E-state index in [4.69, 9.17) is 5.11 Å². The van der Waals surface area contributed by atoms with Crippen molar-refractivity contribution in [2.24, 2.45) is 5.92 Å². The van der Waals surface area contributed by atoms with Crippen LogP contribution >= 0.6 is 0 Å². The van der Waals surface area contributed by atoms with Gasteiger partial charge in [0.25, 0.3) is 0 Å². The minimum absolute atomic E-state index is 0.344. The maximum atomic E-state index is 10.6. The van der Waals surface area contributed by atoms with Gasteiger partial charge in [0, 0.05) is 6.42 Å². The predicted octanol–water partition coefficient (Wildman–Crippen LogP) is 7.75. The third-order valence-corrected chi connectivity index (χ3v) is 5.31. The highest BCUT2D eigenvalue weighted by Crippen LogP contribution is 2.20. The Balaban J connectivity index is 3.20. The van der Waals surface area contributed by atoms with Crippen LogP contribution < -0.4 is 0 Å². The molecular formula is C22H44O2. The Labute approximate surface area is 151 Å². The van der Waals surface area contributed by atoms with E-state index in [2.05, 4.69) is 13.8 Å². The van der Waals surface area contributed by atoms with Gasteiger partial charge in [0.2, 0.25) is 0 Å². The maximum Gasteiger partial charge on any atom is 0.303 e. The number of hydrogen-bond donors (Lipinski definition) is 1. The molecule has 2 heteroatoms. The number of carboxylic acids is 1. The number of rotatable bonds is 19. The van der Waals surface area contributed by atoms with E-state index in [0.717, 1.165) is 12.8 Å². The number of unbranched alkanes of at least 4 members (excludes halogenated alkanes) is 13. The van der Waals surface area contributed by atoms with Crippen LogP contribution in [-0.4, -0.2) is 11.1 Å². The van der Waals surface area contributed by atoms with Crippen molar-refractivity contribution in [2.45, 2.75) is 129 Å². The third-order valence-electron chi connectivity index (χ3n) is 5.31. The molecule has 0 saturated heterocycles. The fourth-order valence-corrected chi connectivity index (χ4v) is 3.51. The van der Waals surface area contributed by atoms with E-state index >= 15 is 0 Å². The van der Waals surface area contributed by atoms with Crippen molar-refractivity contribution >= 4 is 5.97 Å². The summed E-state index contributed by atoms with van der Waals surface area (Å²) in [5.74, 6) is -0.0205. The maximum absolute atomic E-state index is 10.6. The highest BCUT2D eigenvalue weighted by atomic mass is 16.4. The fourth-order valence-electron chi connectivity index (χ4n) is 3.51. The van der Waals surface area contributed by atoms with Gasteiger partial charge in [-0.1, -0.05) is 117 Å². The monoisotopic (exact) mass is 340 g/mol. The van der Waals surface area contributed by atoms with Gasteiger partial charge in [-0.2, -0.15) is 0 Å². The largest absolute Gasteiger partial charge is 0.481 e. The van der Waals surface area contributed by atoms with Gasteiger partial charge in [-0.05, 0) is 12.3 Å². The molecule has 0 spiro atoms. The second kappa shape index (κ2) is 18.8. The molecule has 1 unspecified atom stereocenters. The predicted molar refractivity (Wildman–Crippen MR) is 106 cm³/mol. The van der Waals surface area contributed by atoms with Gasteiger partial charge in [0.05, 0.1) is 0 Å². The Morgan fingerprint density at radius 1 is 0.667 bits per heavy atom. The van der Waals surface area contributed by atoms with Crippen LogP contribution in [0.2, 0.25) is 0 Å². The molecule has 0 bridgehead atoms. The van der Waals surface area contributed by atoms with Crippen LogP contribution in [0, 0.1) is 5.92 Å². The molecular weight excluding hydrogens is 296 g/mol. The Kier molecular flexibility index (Phi) is 18.4. The van der Waals surface area contributed by atoms with Crippen molar-refractivity contribution in [1.82, 2.24) is 0 Å². The molecule has 0 aromatic carbocycles. The van der Waals surface area contributed by atoms with Crippen molar-refractivity contribution in [3.8, 4) is 0 Å². The lowest BCUT2D eigenvalue weighted by Crippen LogP contribution is -2.03. The lowest BCUT2D eigenvalue weighted by molar-refractivity contribution is -0.137. The molecule has 24 heavy (non-hydrogen) atoms. The molecule has 0 fully saturated rings. The second-order valence-electron chi connectivity index (χ2n) is 7.59. The number of carbonyl (C=O) groups is 1. The summed E-state index contributed by atoms with van der Waals surface area (Å²) in [6.45, 7) is 4.47. The SMILES string of the molecule is CCCCCCCCCCCCCCCCC(CC)CCC(=O)O. The minimum atomic E-state index is -0.644. The topological polar surface area (TPSA) is 37.3 Å². The normalized spacial score (nSPS) is 12.4. The molecule has 1 N–H and O–H groups in total. The molecule has 0 aliphatic rings. The van der Waals surface area contributed by atoms with Gasteiger partial charge in [-0.15, -0.1) is 0 Å². The van der Waals surface area contributed by atoms with E-state index in [1.54, 1.807) is 0 Å².